The van der Waals surface area contributed by atoms with Crippen LogP contribution in [-0.2, 0) is 19.1 Å². The number of ether oxygens (including phenoxy) is 2. The number of carbonyl (C=O) groups is 2. The highest BCUT2D eigenvalue weighted by Crippen LogP contribution is 2.20. The van der Waals surface area contributed by atoms with Gasteiger partial charge in [0, 0.05) is 27.3 Å². The Morgan fingerprint density at radius 1 is 1.21 bits per heavy atom. The van der Waals surface area contributed by atoms with Crippen LogP contribution in [0.5, 0.6) is 0 Å². The number of hydrogen-bond acceptors (Lipinski definition) is 4. The van der Waals surface area contributed by atoms with E-state index in [1.807, 2.05) is 0 Å². The average molecular weight is 272 g/mol. The van der Waals surface area contributed by atoms with Gasteiger partial charge in [0.15, 0.2) is 6.29 Å². The van der Waals surface area contributed by atoms with Gasteiger partial charge in [-0.05, 0) is 18.3 Å². The van der Waals surface area contributed by atoms with Gasteiger partial charge in [0.1, 0.15) is 0 Å². The number of amides is 2. The third kappa shape index (κ3) is 4.80. The Hall–Kier alpha value is -1.14. The van der Waals surface area contributed by atoms with E-state index in [1.165, 1.54) is 14.2 Å². The molecule has 19 heavy (non-hydrogen) atoms. The number of nitrogens with zero attached hydrogens (tertiary/aromatic N) is 1. The molecule has 0 aromatic heterocycles. The van der Waals surface area contributed by atoms with Gasteiger partial charge in [-0.3, -0.25) is 9.59 Å². The van der Waals surface area contributed by atoms with E-state index in [2.05, 4.69) is 19.2 Å². The standard InChI is InChI=1S/C13H24N2O4/c1-9-5-10(2)8-15(7-9)13(17)12(16)14-6-11(18-3)19-4/h9-11H,5-8H2,1-4H3,(H,14,16). The van der Waals surface area contributed by atoms with Crippen LogP contribution in [0.25, 0.3) is 0 Å². The maximum absolute atomic E-state index is 12.0. The van der Waals surface area contributed by atoms with Crippen molar-refractivity contribution in [1.29, 1.82) is 0 Å². The van der Waals surface area contributed by atoms with E-state index < -0.39 is 18.1 Å². The molecule has 2 atom stereocenters. The Morgan fingerprint density at radius 2 is 1.74 bits per heavy atom. The fourth-order valence-corrected chi connectivity index (χ4v) is 2.49. The number of nitrogens with one attached hydrogen (secondary N) is 1. The highest BCUT2D eigenvalue weighted by molar-refractivity contribution is 6.35. The Kier molecular flexibility index (Phi) is 6.24. The zero-order valence-electron chi connectivity index (χ0n) is 12.1. The van der Waals surface area contributed by atoms with Crippen LogP contribution >= 0.6 is 0 Å². The highest BCUT2D eigenvalue weighted by atomic mass is 16.7. The van der Waals surface area contributed by atoms with Crippen molar-refractivity contribution >= 4 is 11.8 Å². The summed E-state index contributed by atoms with van der Waals surface area (Å²) < 4.78 is 9.89. The summed E-state index contributed by atoms with van der Waals surface area (Å²) in [6.45, 7) is 5.65. The van der Waals surface area contributed by atoms with Gasteiger partial charge in [-0.25, -0.2) is 0 Å². The molecule has 2 unspecified atom stereocenters. The van der Waals surface area contributed by atoms with Crippen LogP contribution < -0.4 is 5.32 Å². The van der Waals surface area contributed by atoms with Gasteiger partial charge in [0.2, 0.25) is 0 Å². The zero-order chi connectivity index (χ0) is 14.4. The van der Waals surface area contributed by atoms with Crippen molar-refractivity contribution in [2.45, 2.75) is 26.6 Å². The van der Waals surface area contributed by atoms with Gasteiger partial charge in [-0.2, -0.15) is 0 Å². The van der Waals surface area contributed by atoms with Crippen molar-refractivity contribution in [1.82, 2.24) is 10.2 Å². The number of methoxy groups -OCH3 is 2. The minimum Gasteiger partial charge on any atom is -0.354 e. The Bertz CT molecular complexity index is 308. The van der Waals surface area contributed by atoms with Crippen LogP contribution in [0.1, 0.15) is 20.3 Å². The molecular weight excluding hydrogens is 248 g/mol. The summed E-state index contributed by atoms with van der Waals surface area (Å²) in [5, 5.41) is 2.53. The van der Waals surface area contributed by atoms with E-state index in [-0.39, 0.29) is 6.54 Å². The van der Waals surface area contributed by atoms with Crippen LogP contribution in [-0.4, -0.2) is 56.9 Å². The van der Waals surface area contributed by atoms with Crippen molar-refractivity contribution in [3.05, 3.63) is 0 Å². The average Bonchev–Trinajstić information content (AvgIpc) is 2.37. The monoisotopic (exact) mass is 272 g/mol. The van der Waals surface area contributed by atoms with Gasteiger partial charge >= 0.3 is 11.8 Å². The number of piperidine rings is 1. The Morgan fingerprint density at radius 3 is 2.21 bits per heavy atom. The van der Waals surface area contributed by atoms with Crippen molar-refractivity contribution < 1.29 is 19.1 Å². The molecule has 0 radical (unpaired) electrons. The Labute approximate surface area is 114 Å². The lowest BCUT2D eigenvalue weighted by Crippen LogP contribution is -2.50. The summed E-state index contributed by atoms with van der Waals surface area (Å²) >= 11 is 0. The lowest BCUT2D eigenvalue weighted by Gasteiger charge is -2.34. The molecule has 0 saturated carbocycles. The predicted molar refractivity (Wildman–Crippen MR) is 70.3 cm³/mol. The van der Waals surface area contributed by atoms with E-state index in [9.17, 15) is 9.59 Å². The van der Waals surface area contributed by atoms with E-state index in [0.717, 1.165) is 6.42 Å². The maximum atomic E-state index is 12.0. The number of hydrogen-bond donors (Lipinski definition) is 1. The van der Waals surface area contributed by atoms with Crippen LogP contribution in [0, 0.1) is 11.8 Å². The number of carbonyl (C=O) groups excluding carboxylic acids is 2. The minimum atomic E-state index is -0.597. The summed E-state index contributed by atoms with van der Waals surface area (Å²) in [5.41, 5.74) is 0. The first kappa shape index (κ1) is 15.9. The second-order valence-corrected chi connectivity index (χ2v) is 5.27. The first-order valence-corrected chi connectivity index (χ1v) is 6.60. The van der Waals surface area contributed by atoms with Gasteiger partial charge in [-0.15, -0.1) is 0 Å². The topological polar surface area (TPSA) is 67.9 Å². The van der Waals surface area contributed by atoms with Gasteiger partial charge in [0.05, 0.1) is 6.54 Å². The smallest absolute Gasteiger partial charge is 0.311 e. The molecule has 1 heterocycles. The van der Waals surface area contributed by atoms with Crippen LogP contribution in [0.15, 0.2) is 0 Å². The molecule has 110 valence electrons. The largest absolute Gasteiger partial charge is 0.354 e. The molecule has 0 bridgehead atoms. The Balaban J connectivity index is 2.45. The normalized spacial score (nSPS) is 23.5. The molecule has 0 aromatic rings. The van der Waals surface area contributed by atoms with Crippen molar-refractivity contribution in [2.75, 3.05) is 33.9 Å². The predicted octanol–water partition coefficient (Wildman–Crippen LogP) is 0.226. The molecule has 6 nitrogen and oxygen atoms in total. The molecule has 0 aliphatic carbocycles. The lowest BCUT2D eigenvalue weighted by atomic mass is 9.92. The first-order chi connectivity index (χ1) is 8.97. The molecular formula is C13H24N2O4. The van der Waals surface area contributed by atoms with E-state index in [0.29, 0.717) is 24.9 Å². The first-order valence-electron chi connectivity index (χ1n) is 6.60. The molecule has 0 aromatic carbocycles. The highest BCUT2D eigenvalue weighted by Gasteiger charge is 2.29. The third-order valence-electron chi connectivity index (χ3n) is 3.31. The second-order valence-electron chi connectivity index (χ2n) is 5.27. The van der Waals surface area contributed by atoms with E-state index >= 15 is 0 Å². The van der Waals surface area contributed by atoms with Gasteiger partial charge in [0.25, 0.3) is 0 Å². The fourth-order valence-electron chi connectivity index (χ4n) is 2.49. The maximum Gasteiger partial charge on any atom is 0.311 e. The molecule has 1 rings (SSSR count). The third-order valence-corrected chi connectivity index (χ3v) is 3.31. The van der Waals surface area contributed by atoms with Crippen LogP contribution in [0.3, 0.4) is 0 Å². The minimum absolute atomic E-state index is 0.163. The summed E-state index contributed by atoms with van der Waals surface area (Å²) in [6, 6.07) is 0. The molecule has 1 N–H and O–H groups in total. The van der Waals surface area contributed by atoms with Crippen molar-refractivity contribution in [3.63, 3.8) is 0 Å². The second kappa shape index (κ2) is 7.45. The lowest BCUT2D eigenvalue weighted by molar-refractivity contribution is -0.149. The number of rotatable bonds is 4. The molecule has 2 amide bonds. The van der Waals surface area contributed by atoms with E-state index in [4.69, 9.17) is 9.47 Å². The van der Waals surface area contributed by atoms with Gasteiger partial charge in [-0.1, -0.05) is 13.8 Å². The fraction of sp³-hybridized carbons (Fsp3) is 0.846. The summed E-state index contributed by atoms with van der Waals surface area (Å²) in [7, 11) is 2.96. The van der Waals surface area contributed by atoms with Crippen LogP contribution in [0.4, 0.5) is 0 Å². The molecule has 6 heteroatoms. The molecule has 1 aliphatic heterocycles. The van der Waals surface area contributed by atoms with Gasteiger partial charge < -0.3 is 19.7 Å². The molecule has 1 fully saturated rings. The van der Waals surface area contributed by atoms with Crippen molar-refractivity contribution in [2.24, 2.45) is 11.8 Å². The quantitative estimate of drug-likeness (QED) is 0.587. The van der Waals surface area contributed by atoms with Crippen molar-refractivity contribution in [3.8, 4) is 0 Å². The SMILES string of the molecule is COC(CNC(=O)C(=O)N1CC(C)CC(C)C1)OC. The van der Waals surface area contributed by atoms with Crippen LogP contribution in [0.2, 0.25) is 0 Å². The molecule has 0 spiro atoms. The molecule has 1 aliphatic rings. The summed E-state index contributed by atoms with van der Waals surface area (Å²) in [4.78, 5) is 25.4. The number of likely N-dealkylation sites (tertiary alicyclic amines) is 1. The summed E-state index contributed by atoms with van der Waals surface area (Å²) in [6.07, 6.45) is 0.567. The molecule has 1 saturated heterocycles. The summed E-state index contributed by atoms with van der Waals surface area (Å²) in [5.74, 6) is -0.192. The zero-order valence-corrected chi connectivity index (χ0v) is 12.1. The van der Waals surface area contributed by atoms with E-state index in [1.54, 1.807) is 4.90 Å².